The van der Waals surface area contributed by atoms with E-state index in [-0.39, 0.29) is 21.6 Å². The quantitative estimate of drug-likeness (QED) is 0.741. The molecule has 0 fully saturated rings. The molecular formula is C12H5BrF3N3O3. The average molecular weight is 376 g/mol. The standard InChI is InChI=1S/C12H5BrF3N3O3/c13-8-9(11(20)21)18-19-7(12(14,15)16)4-5(17-10(8)19)6-2-1-3-22-6/h1-4H,(H,20,21). The fourth-order valence-corrected chi connectivity index (χ4v) is 2.39. The number of nitrogens with zero attached hydrogens (tertiary/aromatic N) is 3. The lowest BCUT2D eigenvalue weighted by molar-refractivity contribution is -0.142. The van der Waals surface area contributed by atoms with Crippen molar-refractivity contribution in [3.63, 3.8) is 0 Å². The molecule has 0 amide bonds. The van der Waals surface area contributed by atoms with Gasteiger partial charge in [-0.2, -0.15) is 18.3 Å². The summed E-state index contributed by atoms with van der Waals surface area (Å²) in [6.07, 6.45) is -3.45. The third kappa shape index (κ3) is 2.25. The number of hydrogen-bond donors (Lipinski definition) is 1. The summed E-state index contributed by atoms with van der Waals surface area (Å²) in [6.45, 7) is 0. The number of alkyl halides is 3. The van der Waals surface area contributed by atoms with Crippen LogP contribution < -0.4 is 0 Å². The van der Waals surface area contributed by atoms with Gasteiger partial charge >= 0.3 is 12.1 Å². The fourth-order valence-electron chi connectivity index (χ4n) is 1.88. The van der Waals surface area contributed by atoms with Gasteiger partial charge in [-0.15, -0.1) is 0 Å². The number of hydrogen-bond acceptors (Lipinski definition) is 4. The highest BCUT2D eigenvalue weighted by atomic mass is 79.9. The van der Waals surface area contributed by atoms with Gasteiger partial charge in [0.25, 0.3) is 0 Å². The van der Waals surface area contributed by atoms with Crippen LogP contribution in [0.2, 0.25) is 0 Å². The predicted octanol–water partition coefficient (Wildman–Crippen LogP) is 3.47. The van der Waals surface area contributed by atoms with Crippen LogP contribution >= 0.6 is 15.9 Å². The summed E-state index contributed by atoms with van der Waals surface area (Å²) >= 11 is 2.93. The molecule has 0 radical (unpaired) electrons. The SMILES string of the molecule is O=C(O)c1nn2c(C(F)(F)F)cc(-c3ccco3)nc2c1Br. The second-order valence-electron chi connectivity index (χ2n) is 4.20. The Labute approximate surface area is 128 Å². The molecular weight excluding hydrogens is 371 g/mol. The highest BCUT2D eigenvalue weighted by molar-refractivity contribution is 9.10. The van der Waals surface area contributed by atoms with E-state index >= 15 is 0 Å². The molecule has 0 bridgehead atoms. The Kier molecular flexibility index (Phi) is 3.20. The molecule has 114 valence electrons. The molecule has 0 atom stereocenters. The lowest BCUT2D eigenvalue weighted by atomic mass is 10.2. The van der Waals surface area contributed by atoms with E-state index in [0.717, 1.165) is 6.07 Å². The van der Waals surface area contributed by atoms with Crippen LogP contribution in [0.5, 0.6) is 0 Å². The van der Waals surface area contributed by atoms with E-state index in [2.05, 4.69) is 26.0 Å². The molecule has 3 rings (SSSR count). The zero-order valence-electron chi connectivity index (χ0n) is 10.4. The Morgan fingerprint density at radius 2 is 2.14 bits per heavy atom. The largest absolute Gasteiger partial charge is 0.476 e. The van der Waals surface area contributed by atoms with Crippen molar-refractivity contribution in [1.82, 2.24) is 14.6 Å². The Morgan fingerprint density at radius 1 is 1.41 bits per heavy atom. The molecule has 3 aromatic rings. The van der Waals surface area contributed by atoms with Gasteiger partial charge in [0.2, 0.25) is 0 Å². The summed E-state index contributed by atoms with van der Waals surface area (Å²) in [5, 5.41) is 12.4. The molecule has 0 saturated heterocycles. The average Bonchev–Trinajstić information content (AvgIpc) is 3.05. The zero-order valence-corrected chi connectivity index (χ0v) is 12.0. The number of carbonyl (C=O) groups is 1. The van der Waals surface area contributed by atoms with E-state index < -0.39 is 23.5 Å². The maximum atomic E-state index is 13.2. The summed E-state index contributed by atoms with van der Waals surface area (Å²) < 4.78 is 44.9. The number of furan rings is 1. The van der Waals surface area contributed by atoms with Crippen molar-refractivity contribution in [2.24, 2.45) is 0 Å². The molecule has 0 aliphatic rings. The van der Waals surface area contributed by atoms with Gasteiger partial charge in [-0.1, -0.05) is 0 Å². The molecule has 0 aliphatic carbocycles. The van der Waals surface area contributed by atoms with Crippen molar-refractivity contribution in [1.29, 1.82) is 0 Å². The van der Waals surface area contributed by atoms with E-state index in [1.165, 1.54) is 18.4 Å². The number of carboxylic acid groups (broad SMARTS) is 1. The van der Waals surface area contributed by atoms with Gasteiger partial charge in [0.15, 0.2) is 22.8 Å². The van der Waals surface area contributed by atoms with Crippen molar-refractivity contribution < 1.29 is 27.5 Å². The van der Waals surface area contributed by atoms with Gasteiger partial charge in [0, 0.05) is 0 Å². The molecule has 0 saturated carbocycles. The topological polar surface area (TPSA) is 80.6 Å². The molecule has 6 nitrogen and oxygen atoms in total. The van der Waals surface area contributed by atoms with Crippen molar-refractivity contribution >= 4 is 27.5 Å². The van der Waals surface area contributed by atoms with E-state index in [0.29, 0.717) is 4.52 Å². The molecule has 3 heterocycles. The molecule has 10 heteroatoms. The van der Waals surface area contributed by atoms with Gasteiger partial charge in [0.1, 0.15) is 5.69 Å². The highest BCUT2D eigenvalue weighted by Crippen LogP contribution is 2.34. The van der Waals surface area contributed by atoms with Gasteiger partial charge in [-0.3, -0.25) is 0 Å². The van der Waals surface area contributed by atoms with E-state index in [1.54, 1.807) is 0 Å². The Morgan fingerprint density at radius 3 is 2.68 bits per heavy atom. The minimum Gasteiger partial charge on any atom is -0.476 e. The Bertz CT molecular complexity index is 871. The van der Waals surface area contributed by atoms with Gasteiger partial charge in [-0.25, -0.2) is 14.3 Å². The smallest absolute Gasteiger partial charge is 0.433 e. The van der Waals surface area contributed by atoms with Gasteiger partial charge < -0.3 is 9.52 Å². The summed E-state index contributed by atoms with van der Waals surface area (Å²) in [6, 6.07) is 3.70. The molecule has 0 aliphatic heterocycles. The van der Waals surface area contributed by atoms with E-state index in [4.69, 9.17) is 9.52 Å². The summed E-state index contributed by atoms with van der Waals surface area (Å²) in [5.74, 6) is -1.34. The Hall–Kier alpha value is -2.36. The van der Waals surface area contributed by atoms with Crippen LogP contribution in [-0.4, -0.2) is 25.7 Å². The normalized spacial score (nSPS) is 12.0. The fraction of sp³-hybridized carbons (Fsp3) is 0.0833. The number of halogens is 4. The van der Waals surface area contributed by atoms with Crippen molar-refractivity contribution in [2.45, 2.75) is 6.18 Å². The van der Waals surface area contributed by atoms with Gasteiger partial charge in [-0.05, 0) is 34.1 Å². The summed E-state index contributed by atoms with van der Waals surface area (Å²) in [4.78, 5) is 15.0. The third-order valence-corrected chi connectivity index (χ3v) is 3.53. The van der Waals surface area contributed by atoms with Crippen LogP contribution in [0.15, 0.2) is 33.4 Å². The molecule has 3 aromatic heterocycles. The van der Waals surface area contributed by atoms with Crippen molar-refractivity contribution in [3.05, 3.63) is 40.3 Å². The molecule has 22 heavy (non-hydrogen) atoms. The van der Waals surface area contributed by atoms with Gasteiger partial charge in [0.05, 0.1) is 10.7 Å². The maximum absolute atomic E-state index is 13.2. The second-order valence-corrected chi connectivity index (χ2v) is 5.00. The number of aromatic carboxylic acids is 1. The first-order valence-corrected chi connectivity index (χ1v) is 6.52. The molecule has 0 unspecified atom stereocenters. The number of aromatic nitrogens is 3. The first-order valence-electron chi connectivity index (χ1n) is 5.72. The van der Waals surface area contributed by atoms with E-state index in [9.17, 15) is 18.0 Å². The first kappa shape index (κ1) is 14.6. The lowest BCUT2D eigenvalue weighted by Gasteiger charge is -2.09. The number of fused-ring (bicyclic) bond motifs is 1. The molecule has 1 N–H and O–H groups in total. The minimum absolute atomic E-state index is 0.0811. The first-order chi connectivity index (χ1) is 10.3. The lowest BCUT2D eigenvalue weighted by Crippen LogP contribution is -2.14. The van der Waals surface area contributed by atoms with Crippen LogP contribution in [0.25, 0.3) is 17.1 Å². The van der Waals surface area contributed by atoms with Crippen LogP contribution in [0, 0.1) is 0 Å². The molecule has 0 spiro atoms. The Balaban J connectivity index is 2.39. The van der Waals surface area contributed by atoms with Crippen LogP contribution in [-0.2, 0) is 6.18 Å². The number of carboxylic acids is 1. The summed E-state index contributed by atoms with van der Waals surface area (Å²) in [7, 11) is 0. The second kappa shape index (κ2) is 4.83. The van der Waals surface area contributed by atoms with Crippen LogP contribution in [0.1, 0.15) is 16.2 Å². The molecule has 0 aromatic carbocycles. The monoisotopic (exact) mass is 375 g/mol. The van der Waals surface area contributed by atoms with E-state index in [1.807, 2.05) is 0 Å². The minimum atomic E-state index is -4.75. The maximum Gasteiger partial charge on any atom is 0.433 e. The van der Waals surface area contributed by atoms with Crippen LogP contribution in [0.3, 0.4) is 0 Å². The third-order valence-electron chi connectivity index (χ3n) is 2.80. The van der Waals surface area contributed by atoms with Crippen molar-refractivity contribution in [2.75, 3.05) is 0 Å². The number of rotatable bonds is 2. The van der Waals surface area contributed by atoms with Crippen LogP contribution in [0.4, 0.5) is 13.2 Å². The summed E-state index contributed by atoms with van der Waals surface area (Å²) in [5.41, 5.74) is -2.06. The highest BCUT2D eigenvalue weighted by Gasteiger charge is 2.36. The predicted molar refractivity (Wildman–Crippen MR) is 70.4 cm³/mol. The van der Waals surface area contributed by atoms with Crippen molar-refractivity contribution in [3.8, 4) is 11.5 Å². The zero-order chi connectivity index (χ0) is 16.1.